The Labute approximate surface area is 155 Å². The van der Waals surface area contributed by atoms with Crippen molar-refractivity contribution < 1.29 is 20.1 Å². The lowest BCUT2D eigenvalue weighted by Crippen LogP contribution is -2.36. The number of rotatable bonds is 2. The van der Waals surface area contributed by atoms with Crippen LogP contribution in [0, 0.1) is 0 Å². The molecule has 1 aliphatic rings. The molecule has 4 atom stereocenters. The number of aliphatic hydroxyl groups is 3. The Morgan fingerprint density at radius 3 is 2.61 bits per heavy atom. The van der Waals surface area contributed by atoms with Gasteiger partial charge in [0.2, 0.25) is 5.95 Å². The summed E-state index contributed by atoms with van der Waals surface area (Å²) in [7, 11) is 0. The molecule has 1 fully saturated rings. The highest BCUT2D eigenvalue weighted by Gasteiger charge is 2.43. The number of imidazole rings is 1. The predicted octanol–water partition coefficient (Wildman–Crippen LogP) is -3.33. The van der Waals surface area contributed by atoms with Crippen LogP contribution in [0.4, 0.5) is 11.8 Å². The third kappa shape index (κ3) is 3.70. The Bertz CT molecular complexity index is 1080. The van der Waals surface area contributed by atoms with Crippen LogP contribution in [0.5, 0.6) is 0 Å². The molecule has 3 aromatic rings. The van der Waals surface area contributed by atoms with Crippen molar-refractivity contribution in [3.63, 3.8) is 0 Å². The molecule has 4 rings (SSSR count). The fourth-order valence-electron chi connectivity index (χ4n) is 2.59. The quantitative estimate of drug-likeness (QED) is 0.227. The van der Waals surface area contributed by atoms with E-state index in [9.17, 15) is 19.8 Å². The first-order valence-corrected chi connectivity index (χ1v) is 7.97. The summed E-state index contributed by atoms with van der Waals surface area (Å²) in [6, 6.07) is 1.37. The standard InChI is InChI=1S/C9H13N3O5.C5H5N5O/c10-5-1-2-12(9(16)11-5)8-7(15)6(14)4(3-13)17-8;6-5-9-3-2(4(11)10-5)7-1-8-3/h1-2,4,6-8,13-15H,3H2,(H2,10,11,16);1H,(H4,6,7,8,9,10,11)/t4-,6-,7-,8-;/m1./s1. The van der Waals surface area contributed by atoms with E-state index in [1.54, 1.807) is 0 Å². The lowest BCUT2D eigenvalue weighted by Gasteiger charge is -2.16. The maximum atomic E-state index is 11.5. The molecular weight excluding hydrogens is 376 g/mol. The van der Waals surface area contributed by atoms with Crippen molar-refractivity contribution in [2.75, 3.05) is 18.1 Å². The van der Waals surface area contributed by atoms with E-state index in [2.05, 4.69) is 24.9 Å². The molecule has 28 heavy (non-hydrogen) atoms. The molecule has 14 heteroatoms. The molecule has 150 valence electrons. The highest BCUT2D eigenvalue weighted by molar-refractivity contribution is 5.69. The summed E-state index contributed by atoms with van der Waals surface area (Å²) < 4.78 is 6.19. The normalized spacial score (nSPS) is 24.1. The van der Waals surface area contributed by atoms with E-state index in [0.29, 0.717) is 11.2 Å². The van der Waals surface area contributed by atoms with Crippen molar-refractivity contribution in [3.05, 3.63) is 39.4 Å². The summed E-state index contributed by atoms with van der Waals surface area (Å²) in [5.41, 5.74) is 10.3. The van der Waals surface area contributed by atoms with Gasteiger partial charge in [-0.15, -0.1) is 0 Å². The number of nitrogens with one attached hydrogen (secondary N) is 2. The summed E-state index contributed by atoms with van der Waals surface area (Å²) in [6.07, 6.45) is -1.87. The topological polar surface area (TPSA) is 231 Å². The van der Waals surface area contributed by atoms with E-state index < -0.39 is 36.8 Å². The average Bonchev–Trinajstić information content (AvgIpc) is 3.22. The van der Waals surface area contributed by atoms with E-state index in [1.165, 1.54) is 18.6 Å². The molecule has 9 N–H and O–H groups in total. The average molecular weight is 394 g/mol. The number of fused-ring (bicyclic) bond motifs is 1. The lowest BCUT2D eigenvalue weighted by molar-refractivity contribution is -0.0549. The summed E-state index contributed by atoms with van der Waals surface area (Å²) in [6.45, 7) is -0.453. The van der Waals surface area contributed by atoms with Crippen LogP contribution in [-0.2, 0) is 4.74 Å². The first-order valence-electron chi connectivity index (χ1n) is 7.97. The summed E-state index contributed by atoms with van der Waals surface area (Å²) >= 11 is 0. The van der Waals surface area contributed by atoms with Gasteiger partial charge in [0.05, 0.1) is 12.9 Å². The SMILES string of the molecule is Nc1ccn([C@@H]2O[C@H](CO)[C@@H](O)[C@H]2O)c(=O)n1.Nc1nc2nc[nH]c2c(=O)[nH]1. The summed E-state index contributed by atoms with van der Waals surface area (Å²) in [5, 5.41) is 28.2. The molecule has 1 aliphatic heterocycles. The summed E-state index contributed by atoms with van der Waals surface area (Å²) in [5.74, 6) is 0.132. The number of anilines is 2. The number of ether oxygens (including phenoxy) is 1. The zero-order valence-corrected chi connectivity index (χ0v) is 14.3. The monoisotopic (exact) mass is 394 g/mol. The van der Waals surface area contributed by atoms with Crippen molar-refractivity contribution in [3.8, 4) is 0 Å². The Morgan fingerprint density at radius 1 is 1.21 bits per heavy atom. The van der Waals surface area contributed by atoms with Gasteiger partial charge in [-0.1, -0.05) is 0 Å². The molecule has 0 radical (unpaired) electrons. The zero-order valence-electron chi connectivity index (χ0n) is 14.3. The van der Waals surface area contributed by atoms with Crippen LogP contribution in [-0.4, -0.2) is 69.7 Å². The number of hydrogen-bond donors (Lipinski definition) is 7. The molecule has 0 amide bonds. The highest BCUT2D eigenvalue weighted by Crippen LogP contribution is 2.27. The maximum absolute atomic E-state index is 11.5. The number of aliphatic hydroxyl groups excluding tert-OH is 3. The molecule has 0 aromatic carbocycles. The summed E-state index contributed by atoms with van der Waals surface area (Å²) in [4.78, 5) is 38.5. The fraction of sp³-hybridized carbons (Fsp3) is 0.357. The van der Waals surface area contributed by atoms with Gasteiger partial charge in [0, 0.05) is 6.20 Å². The molecule has 1 saturated heterocycles. The molecule has 0 saturated carbocycles. The Morgan fingerprint density at radius 2 is 1.96 bits per heavy atom. The minimum Gasteiger partial charge on any atom is -0.394 e. The third-order valence-electron chi connectivity index (χ3n) is 3.96. The number of nitrogens with zero attached hydrogens (tertiary/aromatic N) is 4. The number of nitrogen functional groups attached to an aromatic ring is 2. The molecule has 14 nitrogen and oxygen atoms in total. The van der Waals surface area contributed by atoms with Gasteiger partial charge >= 0.3 is 5.69 Å². The van der Waals surface area contributed by atoms with E-state index in [4.69, 9.17) is 21.3 Å². The van der Waals surface area contributed by atoms with Gasteiger partial charge in [-0.05, 0) is 6.07 Å². The molecule has 0 aliphatic carbocycles. The fourth-order valence-corrected chi connectivity index (χ4v) is 2.59. The number of nitrogens with two attached hydrogens (primary N) is 2. The van der Waals surface area contributed by atoms with Crippen LogP contribution in [0.3, 0.4) is 0 Å². The molecule has 0 spiro atoms. The van der Waals surface area contributed by atoms with Crippen LogP contribution >= 0.6 is 0 Å². The Balaban J connectivity index is 0.000000176. The van der Waals surface area contributed by atoms with E-state index in [1.807, 2.05) is 0 Å². The van der Waals surface area contributed by atoms with Gasteiger partial charge in [0.1, 0.15) is 24.1 Å². The van der Waals surface area contributed by atoms with E-state index in [0.717, 1.165) is 4.57 Å². The number of hydrogen-bond acceptors (Lipinski definition) is 11. The van der Waals surface area contributed by atoms with Gasteiger partial charge < -0.3 is 36.5 Å². The van der Waals surface area contributed by atoms with Gasteiger partial charge in [0.15, 0.2) is 17.4 Å². The van der Waals surface area contributed by atoms with Crippen LogP contribution < -0.4 is 22.7 Å². The second kappa shape index (κ2) is 7.73. The van der Waals surface area contributed by atoms with Gasteiger partial charge in [0.25, 0.3) is 5.56 Å². The molecule has 4 heterocycles. The zero-order chi connectivity index (χ0) is 20.4. The minimum absolute atomic E-state index is 0.0537. The molecule has 0 unspecified atom stereocenters. The van der Waals surface area contributed by atoms with Gasteiger partial charge in [-0.3, -0.25) is 14.3 Å². The second-order valence-electron chi connectivity index (χ2n) is 5.82. The first-order chi connectivity index (χ1) is 13.3. The smallest absolute Gasteiger partial charge is 0.351 e. The van der Waals surface area contributed by atoms with Crippen molar-refractivity contribution in [1.82, 2.24) is 29.5 Å². The number of aromatic amines is 2. The molecule has 3 aromatic heterocycles. The predicted molar refractivity (Wildman–Crippen MR) is 94.8 cm³/mol. The number of H-pyrrole nitrogens is 2. The largest absolute Gasteiger partial charge is 0.394 e. The first kappa shape index (κ1) is 19.4. The van der Waals surface area contributed by atoms with Crippen molar-refractivity contribution in [2.45, 2.75) is 24.5 Å². The van der Waals surface area contributed by atoms with Crippen molar-refractivity contribution in [2.24, 2.45) is 0 Å². The Hall–Kier alpha value is -3.33. The van der Waals surface area contributed by atoms with Crippen molar-refractivity contribution >= 4 is 22.9 Å². The van der Waals surface area contributed by atoms with E-state index >= 15 is 0 Å². The van der Waals surface area contributed by atoms with Gasteiger partial charge in [-0.2, -0.15) is 9.97 Å². The maximum Gasteiger partial charge on any atom is 0.351 e. The molecule has 0 bridgehead atoms. The lowest BCUT2D eigenvalue weighted by atomic mass is 10.1. The third-order valence-corrected chi connectivity index (χ3v) is 3.96. The van der Waals surface area contributed by atoms with E-state index in [-0.39, 0.29) is 17.3 Å². The highest BCUT2D eigenvalue weighted by atomic mass is 16.6. The van der Waals surface area contributed by atoms with Crippen LogP contribution in [0.25, 0.3) is 11.2 Å². The minimum atomic E-state index is -1.31. The second-order valence-corrected chi connectivity index (χ2v) is 5.82. The number of aromatic nitrogens is 6. The Kier molecular flexibility index (Phi) is 5.36. The van der Waals surface area contributed by atoms with Crippen LogP contribution in [0.1, 0.15) is 6.23 Å². The van der Waals surface area contributed by atoms with Gasteiger partial charge in [-0.25, -0.2) is 9.78 Å². The van der Waals surface area contributed by atoms with Crippen LogP contribution in [0.2, 0.25) is 0 Å². The van der Waals surface area contributed by atoms with Crippen molar-refractivity contribution in [1.29, 1.82) is 0 Å². The van der Waals surface area contributed by atoms with Crippen LogP contribution in [0.15, 0.2) is 28.2 Å². The molecular formula is C14H18N8O6.